The lowest BCUT2D eigenvalue weighted by atomic mass is 10.1. The van der Waals surface area contributed by atoms with E-state index in [1.807, 2.05) is 6.07 Å². The standard InChI is InChI=1S/C21H25N5O2/c1-3-7-16(8-4-1)15-17-19-18(20(24-28-19)25-11-13-27-14-12-25)23-21(22-17)26-9-5-2-6-10-26/h1,3-4,7-8H,2,5-6,9-15H2. The number of fused-ring (bicyclic) bond motifs is 1. The summed E-state index contributed by atoms with van der Waals surface area (Å²) < 4.78 is 11.3. The van der Waals surface area contributed by atoms with Crippen LogP contribution >= 0.6 is 0 Å². The van der Waals surface area contributed by atoms with Gasteiger partial charge in [-0.2, -0.15) is 0 Å². The SMILES string of the molecule is c1ccc(Cc2nc(N3CCCCC3)nc3c(N4CCOCC4)noc23)cc1. The van der Waals surface area contributed by atoms with Crippen molar-refractivity contribution in [1.29, 1.82) is 0 Å². The lowest BCUT2D eigenvalue weighted by molar-refractivity contribution is 0.122. The van der Waals surface area contributed by atoms with Gasteiger partial charge in [0.2, 0.25) is 11.5 Å². The van der Waals surface area contributed by atoms with Crippen LogP contribution in [0.2, 0.25) is 0 Å². The number of aromatic nitrogens is 3. The van der Waals surface area contributed by atoms with Gasteiger partial charge in [0.25, 0.3) is 0 Å². The molecule has 2 fully saturated rings. The van der Waals surface area contributed by atoms with Crippen molar-refractivity contribution < 1.29 is 9.26 Å². The van der Waals surface area contributed by atoms with Crippen LogP contribution < -0.4 is 9.80 Å². The van der Waals surface area contributed by atoms with Gasteiger partial charge in [-0.1, -0.05) is 35.5 Å². The van der Waals surface area contributed by atoms with Crippen molar-refractivity contribution >= 4 is 22.9 Å². The molecule has 2 aliphatic heterocycles. The van der Waals surface area contributed by atoms with Gasteiger partial charge in [-0.05, 0) is 24.8 Å². The second-order valence-electron chi connectivity index (χ2n) is 7.46. The molecule has 4 heterocycles. The molecule has 1 aromatic carbocycles. The van der Waals surface area contributed by atoms with E-state index in [9.17, 15) is 0 Å². The highest BCUT2D eigenvalue weighted by Crippen LogP contribution is 2.30. The van der Waals surface area contributed by atoms with E-state index in [-0.39, 0.29) is 0 Å². The van der Waals surface area contributed by atoms with Crippen molar-refractivity contribution in [1.82, 2.24) is 15.1 Å². The van der Waals surface area contributed by atoms with Crippen LogP contribution in [-0.4, -0.2) is 54.5 Å². The first-order valence-corrected chi connectivity index (χ1v) is 10.2. The minimum absolute atomic E-state index is 0.700. The van der Waals surface area contributed by atoms with Crippen molar-refractivity contribution in [3.63, 3.8) is 0 Å². The third kappa shape index (κ3) is 3.42. The van der Waals surface area contributed by atoms with Gasteiger partial charge in [0.05, 0.1) is 18.9 Å². The molecular weight excluding hydrogens is 354 g/mol. The first kappa shape index (κ1) is 17.4. The molecule has 0 saturated carbocycles. The second-order valence-corrected chi connectivity index (χ2v) is 7.46. The van der Waals surface area contributed by atoms with E-state index in [2.05, 4.69) is 39.2 Å². The zero-order valence-corrected chi connectivity index (χ0v) is 16.0. The molecule has 0 N–H and O–H groups in total. The van der Waals surface area contributed by atoms with Crippen LogP contribution in [0.5, 0.6) is 0 Å². The molecule has 0 amide bonds. The minimum atomic E-state index is 0.700. The smallest absolute Gasteiger partial charge is 0.226 e. The predicted molar refractivity (Wildman–Crippen MR) is 108 cm³/mol. The summed E-state index contributed by atoms with van der Waals surface area (Å²) in [5.41, 5.74) is 3.63. The van der Waals surface area contributed by atoms with E-state index in [1.165, 1.54) is 24.8 Å². The second kappa shape index (κ2) is 7.75. The van der Waals surface area contributed by atoms with Crippen LogP contribution in [-0.2, 0) is 11.2 Å². The number of hydrogen-bond acceptors (Lipinski definition) is 7. The molecule has 2 aromatic heterocycles. The first-order valence-electron chi connectivity index (χ1n) is 10.2. The number of nitrogens with zero attached hydrogens (tertiary/aromatic N) is 5. The Morgan fingerprint density at radius 3 is 2.43 bits per heavy atom. The minimum Gasteiger partial charge on any atom is -0.378 e. The first-order chi connectivity index (χ1) is 13.9. The Morgan fingerprint density at radius 2 is 1.64 bits per heavy atom. The van der Waals surface area contributed by atoms with Gasteiger partial charge in [-0.3, -0.25) is 0 Å². The maximum Gasteiger partial charge on any atom is 0.226 e. The fourth-order valence-corrected chi connectivity index (χ4v) is 3.99. The quantitative estimate of drug-likeness (QED) is 0.690. The van der Waals surface area contributed by atoms with E-state index in [0.717, 1.165) is 49.2 Å². The fourth-order valence-electron chi connectivity index (χ4n) is 3.99. The maximum absolute atomic E-state index is 5.77. The van der Waals surface area contributed by atoms with E-state index in [1.54, 1.807) is 0 Å². The summed E-state index contributed by atoms with van der Waals surface area (Å²) >= 11 is 0. The molecule has 2 aliphatic rings. The average Bonchev–Trinajstić information content (AvgIpc) is 3.20. The average molecular weight is 379 g/mol. The maximum atomic E-state index is 5.77. The third-order valence-corrected chi connectivity index (χ3v) is 5.52. The number of benzene rings is 1. The summed E-state index contributed by atoms with van der Waals surface area (Å²) in [5.74, 6) is 1.61. The van der Waals surface area contributed by atoms with Crippen molar-refractivity contribution in [2.45, 2.75) is 25.7 Å². The van der Waals surface area contributed by atoms with Gasteiger partial charge in [-0.25, -0.2) is 9.97 Å². The summed E-state index contributed by atoms with van der Waals surface area (Å²) in [7, 11) is 0. The largest absolute Gasteiger partial charge is 0.378 e. The van der Waals surface area contributed by atoms with Gasteiger partial charge in [-0.15, -0.1) is 0 Å². The number of rotatable bonds is 4. The highest BCUT2D eigenvalue weighted by molar-refractivity contribution is 5.87. The van der Waals surface area contributed by atoms with Crippen LogP contribution in [0.15, 0.2) is 34.9 Å². The van der Waals surface area contributed by atoms with Crippen LogP contribution in [0.3, 0.4) is 0 Å². The highest BCUT2D eigenvalue weighted by Gasteiger charge is 2.25. The molecule has 0 unspecified atom stereocenters. The van der Waals surface area contributed by atoms with Crippen molar-refractivity contribution in [2.75, 3.05) is 49.2 Å². The molecule has 5 rings (SSSR count). The van der Waals surface area contributed by atoms with Crippen molar-refractivity contribution in [2.24, 2.45) is 0 Å². The molecule has 2 saturated heterocycles. The van der Waals surface area contributed by atoms with E-state index in [0.29, 0.717) is 25.2 Å². The number of ether oxygens (including phenoxy) is 1. The van der Waals surface area contributed by atoms with Gasteiger partial charge in [0, 0.05) is 32.6 Å². The van der Waals surface area contributed by atoms with Crippen LogP contribution in [0.25, 0.3) is 11.1 Å². The monoisotopic (exact) mass is 379 g/mol. The Hall–Kier alpha value is -2.67. The highest BCUT2D eigenvalue weighted by atomic mass is 16.5. The van der Waals surface area contributed by atoms with E-state index < -0.39 is 0 Å². The molecule has 0 radical (unpaired) electrons. The molecule has 0 bridgehead atoms. The fraction of sp³-hybridized carbons (Fsp3) is 0.476. The Morgan fingerprint density at radius 1 is 0.857 bits per heavy atom. The predicted octanol–water partition coefficient (Wildman–Crippen LogP) is 3.04. The Bertz CT molecular complexity index is 931. The molecule has 7 heteroatoms. The van der Waals surface area contributed by atoms with Gasteiger partial charge < -0.3 is 19.1 Å². The number of hydrogen-bond donors (Lipinski definition) is 0. The molecule has 7 nitrogen and oxygen atoms in total. The van der Waals surface area contributed by atoms with Gasteiger partial charge in [0.15, 0.2) is 11.3 Å². The summed E-state index contributed by atoms with van der Waals surface area (Å²) in [6, 6.07) is 10.4. The number of piperidine rings is 1. The Labute approximate surface area is 164 Å². The van der Waals surface area contributed by atoms with Crippen LogP contribution in [0.1, 0.15) is 30.5 Å². The summed E-state index contributed by atoms with van der Waals surface area (Å²) in [6.07, 6.45) is 4.37. The normalized spacial score (nSPS) is 18.0. The molecule has 3 aromatic rings. The Kier molecular flexibility index (Phi) is 4.83. The molecular formula is C21H25N5O2. The molecule has 0 spiro atoms. The summed E-state index contributed by atoms with van der Waals surface area (Å²) in [5, 5.41) is 4.38. The van der Waals surface area contributed by atoms with Crippen LogP contribution in [0, 0.1) is 0 Å². The van der Waals surface area contributed by atoms with E-state index >= 15 is 0 Å². The molecule has 28 heavy (non-hydrogen) atoms. The van der Waals surface area contributed by atoms with Crippen molar-refractivity contribution in [3.05, 3.63) is 41.6 Å². The topological polar surface area (TPSA) is 67.5 Å². The van der Waals surface area contributed by atoms with Crippen LogP contribution in [0.4, 0.5) is 11.8 Å². The Balaban J connectivity index is 1.58. The zero-order valence-electron chi connectivity index (χ0n) is 16.0. The van der Waals surface area contributed by atoms with Gasteiger partial charge >= 0.3 is 0 Å². The lowest BCUT2D eigenvalue weighted by Gasteiger charge is -2.28. The number of anilines is 2. The summed E-state index contributed by atoms with van der Waals surface area (Å²) in [4.78, 5) is 14.3. The molecule has 0 atom stereocenters. The molecule has 0 aliphatic carbocycles. The zero-order chi connectivity index (χ0) is 18.8. The summed E-state index contributed by atoms with van der Waals surface area (Å²) in [6.45, 7) is 5.03. The van der Waals surface area contributed by atoms with Gasteiger partial charge in [0.1, 0.15) is 0 Å². The number of morpholine rings is 1. The third-order valence-electron chi connectivity index (χ3n) is 5.52. The lowest BCUT2D eigenvalue weighted by Crippen LogP contribution is -2.36. The van der Waals surface area contributed by atoms with Crippen molar-refractivity contribution in [3.8, 4) is 0 Å². The molecule has 146 valence electrons. The van der Waals surface area contributed by atoms with E-state index in [4.69, 9.17) is 19.2 Å².